The summed E-state index contributed by atoms with van der Waals surface area (Å²) >= 11 is 1.62. The van der Waals surface area contributed by atoms with Crippen molar-refractivity contribution in [2.24, 2.45) is 5.41 Å². The van der Waals surface area contributed by atoms with Crippen molar-refractivity contribution in [2.75, 3.05) is 39.9 Å². The van der Waals surface area contributed by atoms with E-state index >= 15 is 0 Å². The minimum Gasteiger partial charge on any atom is -0.383 e. The zero-order valence-electron chi connectivity index (χ0n) is 16.0. The molecule has 7 heteroatoms. The number of likely N-dealkylation sites (tertiary alicyclic amines) is 2. The van der Waals surface area contributed by atoms with Gasteiger partial charge in [-0.05, 0) is 33.1 Å². The highest BCUT2D eigenvalue weighted by atomic mass is 32.1. The second-order valence-corrected chi connectivity index (χ2v) is 8.93. The Labute approximate surface area is 159 Å². The molecule has 0 saturated carbocycles. The summed E-state index contributed by atoms with van der Waals surface area (Å²) in [5.41, 5.74) is 1.02. The minimum absolute atomic E-state index is 0.0498. The molecule has 144 valence electrons. The fourth-order valence-corrected chi connectivity index (χ4v) is 5.18. The summed E-state index contributed by atoms with van der Waals surface area (Å²) in [7, 11) is 1.66. The predicted molar refractivity (Wildman–Crippen MR) is 101 cm³/mol. The van der Waals surface area contributed by atoms with Gasteiger partial charge in [0.05, 0.1) is 23.7 Å². The number of hydrogen-bond acceptors (Lipinski definition) is 5. The number of amides is 2. The SMILES string of the molecule is COCCN1CC2(CCCN(C(=O)Cc3sc(C)nc3C)C2)CCC1=O. The summed E-state index contributed by atoms with van der Waals surface area (Å²) < 4.78 is 5.14. The van der Waals surface area contributed by atoms with E-state index in [0.29, 0.717) is 26.0 Å². The fourth-order valence-electron chi connectivity index (χ4n) is 4.25. The third kappa shape index (κ3) is 4.26. The Morgan fingerprint density at radius 3 is 2.81 bits per heavy atom. The van der Waals surface area contributed by atoms with Crippen LogP contribution in [0.2, 0.25) is 0 Å². The molecule has 3 rings (SSSR count). The number of carbonyl (C=O) groups is 2. The van der Waals surface area contributed by atoms with E-state index in [-0.39, 0.29) is 17.2 Å². The smallest absolute Gasteiger partial charge is 0.227 e. The maximum atomic E-state index is 12.9. The first-order valence-electron chi connectivity index (χ1n) is 9.40. The topological polar surface area (TPSA) is 62.7 Å². The highest BCUT2D eigenvalue weighted by Crippen LogP contribution is 2.39. The lowest BCUT2D eigenvalue weighted by atomic mass is 9.73. The second-order valence-electron chi connectivity index (χ2n) is 7.65. The van der Waals surface area contributed by atoms with Gasteiger partial charge in [-0.3, -0.25) is 9.59 Å². The van der Waals surface area contributed by atoms with Gasteiger partial charge in [-0.15, -0.1) is 11.3 Å². The van der Waals surface area contributed by atoms with Gasteiger partial charge in [0.15, 0.2) is 0 Å². The molecule has 1 aromatic heterocycles. The van der Waals surface area contributed by atoms with E-state index in [4.69, 9.17) is 4.74 Å². The van der Waals surface area contributed by atoms with Crippen LogP contribution in [0.4, 0.5) is 0 Å². The van der Waals surface area contributed by atoms with Crippen LogP contribution < -0.4 is 0 Å². The Bertz CT molecular complexity index is 675. The monoisotopic (exact) mass is 379 g/mol. The Morgan fingerprint density at radius 2 is 2.12 bits per heavy atom. The average molecular weight is 380 g/mol. The van der Waals surface area contributed by atoms with E-state index in [1.165, 1.54) is 0 Å². The normalized spacial score (nSPS) is 23.7. The Morgan fingerprint density at radius 1 is 1.31 bits per heavy atom. The number of aryl methyl sites for hydroxylation is 2. The van der Waals surface area contributed by atoms with Crippen molar-refractivity contribution in [1.29, 1.82) is 0 Å². The Balaban J connectivity index is 1.65. The summed E-state index contributed by atoms with van der Waals surface area (Å²) in [6.45, 7) is 7.50. The number of methoxy groups -OCH3 is 1. The van der Waals surface area contributed by atoms with Crippen LogP contribution in [0.25, 0.3) is 0 Å². The molecule has 2 aliphatic heterocycles. The average Bonchev–Trinajstić information content (AvgIpc) is 2.93. The molecule has 2 aliphatic rings. The molecule has 0 N–H and O–H groups in total. The Hall–Kier alpha value is -1.47. The molecule has 0 radical (unpaired) electrons. The number of piperidine rings is 2. The van der Waals surface area contributed by atoms with E-state index in [2.05, 4.69) is 4.98 Å². The van der Waals surface area contributed by atoms with E-state index in [0.717, 1.165) is 54.5 Å². The molecule has 1 spiro atoms. The van der Waals surface area contributed by atoms with Gasteiger partial charge in [0.1, 0.15) is 0 Å². The first-order valence-corrected chi connectivity index (χ1v) is 10.2. The van der Waals surface area contributed by atoms with E-state index in [9.17, 15) is 9.59 Å². The molecular formula is C19H29N3O3S. The van der Waals surface area contributed by atoms with Crippen LogP contribution in [0, 0.1) is 19.3 Å². The van der Waals surface area contributed by atoms with Gasteiger partial charge in [-0.2, -0.15) is 0 Å². The third-order valence-corrected chi connectivity index (χ3v) is 6.71. The van der Waals surface area contributed by atoms with E-state index in [1.54, 1.807) is 18.4 Å². The highest BCUT2D eigenvalue weighted by molar-refractivity contribution is 7.11. The van der Waals surface area contributed by atoms with Crippen molar-refractivity contribution in [3.05, 3.63) is 15.6 Å². The lowest BCUT2D eigenvalue weighted by Gasteiger charge is -2.48. The number of hydrogen-bond donors (Lipinski definition) is 0. The van der Waals surface area contributed by atoms with Gasteiger partial charge < -0.3 is 14.5 Å². The van der Waals surface area contributed by atoms with Crippen molar-refractivity contribution in [3.63, 3.8) is 0 Å². The van der Waals surface area contributed by atoms with Gasteiger partial charge in [0, 0.05) is 50.0 Å². The quantitative estimate of drug-likeness (QED) is 0.787. The largest absolute Gasteiger partial charge is 0.383 e. The molecule has 0 aliphatic carbocycles. The lowest BCUT2D eigenvalue weighted by molar-refractivity contribution is -0.143. The second kappa shape index (κ2) is 8.05. The summed E-state index contributed by atoms with van der Waals surface area (Å²) in [5, 5.41) is 1.01. The molecule has 6 nitrogen and oxygen atoms in total. The molecule has 3 heterocycles. The minimum atomic E-state index is 0.0498. The van der Waals surface area contributed by atoms with Crippen LogP contribution in [-0.4, -0.2) is 66.5 Å². The molecule has 0 aromatic carbocycles. The van der Waals surface area contributed by atoms with Gasteiger partial charge >= 0.3 is 0 Å². The molecule has 2 saturated heterocycles. The predicted octanol–water partition coefficient (Wildman–Crippen LogP) is 2.18. The standard InChI is InChI=1S/C19H29N3O3S/c1-14-16(26-15(2)20-14)11-18(24)21-8-4-6-19(12-21)7-5-17(23)22(13-19)9-10-25-3/h4-13H2,1-3H3. The molecule has 2 amide bonds. The number of rotatable bonds is 5. The zero-order valence-corrected chi connectivity index (χ0v) is 16.9. The van der Waals surface area contributed by atoms with Crippen molar-refractivity contribution in [1.82, 2.24) is 14.8 Å². The first-order chi connectivity index (χ1) is 12.4. The maximum absolute atomic E-state index is 12.9. The van der Waals surface area contributed by atoms with Gasteiger partial charge in [-0.1, -0.05) is 0 Å². The van der Waals surface area contributed by atoms with E-state index in [1.807, 2.05) is 23.6 Å². The lowest BCUT2D eigenvalue weighted by Crippen LogP contribution is -2.55. The molecule has 1 unspecified atom stereocenters. The van der Waals surface area contributed by atoms with Crippen molar-refractivity contribution in [2.45, 2.75) is 46.0 Å². The zero-order chi connectivity index (χ0) is 18.7. The van der Waals surface area contributed by atoms with Crippen LogP contribution in [0.5, 0.6) is 0 Å². The van der Waals surface area contributed by atoms with Crippen molar-refractivity contribution < 1.29 is 14.3 Å². The van der Waals surface area contributed by atoms with Gasteiger partial charge in [0.2, 0.25) is 11.8 Å². The van der Waals surface area contributed by atoms with Gasteiger partial charge in [-0.25, -0.2) is 4.98 Å². The number of nitrogens with zero attached hydrogens (tertiary/aromatic N) is 3. The molecule has 2 fully saturated rings. The molecular weight excluding hydrogens is 350 g/mol. The summed E-state index contributed by atoms with van der Waals surface area (Å²) in [4.78, 5) is 34.5. The number of ether oxygens (including phenoxy) is 1. The van der Waals surface area contributed by atoms with Crippen LogP contribution in [0.3, 0.4) is 0 Å². The first kappa shape index (κ1) is 19.3. The highest BCUT2D eigenvalue weighted by Gasteiger charge is 2.42. The van der Waals surface area contributed by atoms with Crippen molar-refractivity contribution >= 4 is 23.2 Å². The maximum Gasteiger partial charge on any atom is 0.227 e. The summed E-state index contributed by atoms with van der Waals surface area (Å²) in [5.74, 6) is 0.406. The van der Waals surface area contributed by atoms with Crippen LogP contribution in [-0.2, 0) is 20.7 Å². The summed E-state index contributed by atoms with van der Waals surface area (Å²) in [6, 6.07) is 0. The summed E-state index contributed by atoms with van der Waals surface area (Å²) in [6.07, 6.45) is 4.02. The number of aromatic nitrogens is 1. The van der Waals surface area contributed by atoms with Crippen LogP contribution in [0.15, 0.2) is 0 Å². The molecule has 1 aromatic rings. The van der Waals surface area contributed by atoms with Crippen LogP contribution >= 0.6 is 11.3 Å². The van der Waals surface area contributed by atoms with Crippen molar-refractivity contribution in [3.8, 4) is 0 Å². The fraction of sp³-hybridized carbons (Fsp3) is 0.737. The van der Waals surface area contributed by atoms with Gasteiger partial charge in [0.25, 0.3) is 0 Å². The number of carbonyl (C=O) groups excluding carboxylic acids is 2. The Kier molecular flexibility index (Phi) is 5.97. The van der Waals surface area contributed by atoms with Crippen LogP contribution in [0.1, 0.15) is 41.3 Å². The molecule has 26 heavy (non-hydrogen) atoms. The van der Waals surface area contributed by atoms with E-state index < -0.39 is 0 Å². The molecule has 0 bridgehead atoms. The molecule has 1 atom stereocenters. The number of thiazole rings is 1. The third-order valence-electron chi connectivity index (χ3n) is 5.64.